The summed E-state index contributed by atoms with van der Waals surface area (Å²) < 4.78 is 1.75. The lowest BCUT2D eigenvalue weighted by atomic mass is 10.0. The maximum Gasteiger partial charge on any atom is 0.251 e. The number of rotatable bonds is 7. The first-order valence-electron chi connectivity index (χ1n) is 9.88. The second kappa shape index (κ2) is 9.20. The molecule has 0 saturated carbocycles. The summed E-state index contributed by atoms with van der Waals surface area (Å²) in [6.45, 7) is 3.28. The van der Waals surface area contributed by atoms with E-state index in [2.05, 4.69) is 26.4 Å². The van der Waals surface area contributed by atoms with Gasteiger partial charge in [-0.25, -0.2) is 9.67 Å². The van der Waals surface area contributed by atoms with Gasteiger partial charge in [0.25, 0.3) is 5.91 Å². The topological polar surface area (TPSA) is 63.1 Å². The van der Waals surface area contributed by atoms with Gasteiger partial charge in [0.2, 0.25) is 0 Å². The van der Waals surface area contributed by atoms with Crippen LogP contribution in [0.2, 0.25) is 5.02 Å². The van der Waals surface area contributed by atoms with Crippen molar-refractivity contribution in [2.45, 2.75) is 25.4 Å². The predicted molar refractivity (Wildman–Crippen MR) is 113 cm³/mol. The monoisotopic (exact) mass is 409 g/mol. The van der Waals surface area contributed by atoms with Crippen molar-refractivity contribution in [3.63, 3.8) is 0 Å². The molecule has 2 aromatic carbocycles. The number of carbonyl (C=O) groups is 1. The highest BCUT2D eigenvalue weighted by molar-refractivity contribution is 6.30. The van der Waals surface area contributed by atoms with Crippen LogP contribution in [0.3, 0.4) is 0 Å². The standard InChI is InChI=1S/C22H24ClN5O/c23-20-5-3-4-19(12-20)21(27-10-1-2-11-27)13-25-22(29)18-8-6-17(7-9-18)14-28-16-24-15-26-28/h3-9,12,15-16,21H,1-2,10-11,13-14H2,(H,25,29). The first kappa shape index (κ1) is 19.6. The summed E-state index contributed by atoms with van der Waals surface area (Å²) in [5, 5.41) is 7.93. The van der Waals surface area contributed by atoms with Crippen LogP contribution in [-0.4, -0.2) is 45.2 Å². The number of hydrogen-bond acceptors (Lipinski definition) is 4. The first-order chi connectivity index (χ1) is 14.2. The Morgan fingerprint density at radius 3 is 2.62 bits per heavy atom. The number of aromatic nitrogens is 3. The van der Waals surface area contributed by atoms with Gasteiger partial charge in [0.1, 0.15) is 12.7 Å². The molecule has 0 bridgehead atoms. The molecule has 1 amide bonds. The summed E-state index contributed by atoms with van der Waals surface area (Å²) in [4.78, 5) is 19.1. The lowest BCUT2D eigenvalue weighted by Crippen LogP contribution is -2.36. The van der Waals surface area contributed by atoms with Crippen LogP contribution in [0.15, 0.2) is 61.2 Å². The van der Waals surface area contributed by atoms with Crippen LogP contribution in [-0.2, 0) is 6.54 Å². The van der Waals surface area contributed by atoms with E-state index in [-0.39, 0.29) is 11.9 Å². The zero-order valence-corrected chi connectivity index (χ0v) is 16.9. The molecule has 1 atom stereocenters. The zero-order valence-electron chi connectivity index (χ0n) is 16.2. The van der Waals surface area contributed by atoms with Crippen LogP contribution < -0.4 is 5.32 Å². The van der Waals surface area contributed by atoms with E-state index in [1.807, 2.05) is 42.5 Å². The molecule has 1 aliphatic heterocycles. The van der Waals surface area contributed by atoms with Crippen molar-refractivity contribution < 1.29 is 4.79 Å². The number of carbonyl (C=O) groups excluding carboxylic acids is 1. The van der Waals surface area contributed by atoms with Crippen molar-refractivity contribution >= 4 is 17.5 Å². The van der Waals surface area contributed by atoms with Crippen molar-refractivity contribution in [3.05, 3.63) is 82.9 Å². The van der Waals surface area contributed by atoms with Gasteiger partial charge in [-0.05, 0) is 61.3 Å². The minimum absolute atomic E-state index is 0.0662. The number of halogens is 1. The molecule has 1 aliphatic rings. The van der Waals surface area contributed by atoms with E-state index in [1.165, 1.54) is 19.2 Å². The Balaban J connectivity index is 1.41. The Kier molecular flexibility index (Phi) is 6.22. The third-order valence-corrected chi connectivity index (χ3v) is 5.53. The SMILES string of the molecule is O=C(NCC(c1cccc(Cl)c1)N1CCCC1)c1ccc(Cn2cncn2)cc1. The number of nitrogens with zero attached hydrogens (tertiary/aromatic N) is 4. The second-order valence-electron chi connectivity index (χ2n) is 7.31. The van der Waals surface area contributed by atoms with E-state index < -0.39 is 0 Å². The molecule has 3 aromatic rings. The summed E-state index contributed by atoms with van der Waals surface area (Å²) in [5.74, 6) is -0.0662. The Morgan fingerprint density at radius 1 is 1.14 bits per heavy atom. The highest BCUT2D eigenvalue weighted by Gasteiger charge is 2.24. The van der Waals surface area contributed by atoms with Crippen LogP contribution in [0.5, 0.6) is 0 Å². The Hall–Kier alpha value is -2.70. The molecule has 1 aromatic heterocycles. The lowest BCUT2D eigenvalue weighted by molar-refractivity contribution is 0.0938. The number of likely N-dealkylation sites (tertiary alicyclic amines) is 1. The van der Waals surface area contributed by atoms with Gasteiger partial charge in [-0.1, -0.05) is 35.9 Å². The van der Waals surface area contributed by atoms with Crippen LogP contribution in [0, 0.1) is 0 Å². The largest absolute Gasteiger partial charge is 0.350 e. The minimum atomic E-state index is -0.0662. The lowest BCUT2D eigenvalue weighted by Gasteiger charge is -2.28. The molecule has 0 radical (unpaired) electrons. The van der Waals surface area contributed by atoms with Crippen LogP contribution in [0.4, 0.5) is 0 Å². The third kappa shape index (κ3) is 5.02. The smallest absolute Gasteiger partial charge is 0.251 e. The van der Waals surface area contributed by atoms with Gasteiger partial charge in [0.05, 0.1) is 12.6 Å². The van der Waals surface area contributed by atoms with Crippen molar-refractivity contribution in [2.24, 2.45) is 0 Å². The Bertz CT molecular complexity index is 936. The van der Waals surface area contributed by atoms with Gasteiger partial charge in [0, 0.05) is 17.1 Å². The molecule has 4 rings (SSSR count). The molecule has 2 heterocycles. The Labute approximate surface area is 175 Å². The van der Waals surface area contributed by atoms with E-state index in [4.69, 9.17) is 11.6 Å². The first-order valence-corrected chi connectivity index (χ1v) is 10.3. The summed E-state index contributed by atoms with van der Waals surface area (Å²) in [6, 6.07) is 15.7. The highest BCUT2D eigenvalue weighted by atomic mass is 35.5. The van der Waals surface area contributed by atoms with Gasteiger partial charge < -0.3 is 5.32 Å². The maximum absolute atomic E-state index is 12.7. The van der Waals surface area contributed by atoms with Gasteiger partial charge in [-0.3, -0.25) is 9.69 Å². The number of amides is 1. The molecular weight excluding hydrogens is 386 g/mol. The summed E-state index contributed by atoms with van der Waals surface area (Å²) in [6.07, 6.45) is 5.57. The summed E-state index contributed by atoms with van der Waals surface area (Å²) >= 11 is 6.20. The molecule has 0 aliphatic carbocycles. The quantitative estimate of drug-likeness (QED) is 0.648. The molecule has 6 nitrogen and oxygen atoms in total. The molecule has 150 valence electrons. The molecule has 29 heavy (non-hydrogen) atoms. The summed E-state index contributed by atoms with van der Waals surface area (Å²) in [7, 11) is 0. The predicted octanol–water partition coefficient (Wildman–Crippen LogP) is 3.55. The average molecular weight is 410 g/mol. The fourth-order valence-electron chi connectivity index (χ4n) is 3.78. The van der Waals surface area contributed by atoms with E-state index in [9.17, 15) is 4.79 Å². The van der Waals surface area contributed by atoms with Crippen molar-refractivity contribution in [2.75, 3.05) is 19.6 Å². The van der Waals surface area contributed by atoms with Gasteiger partial charge in [-0.15, -0.1) is 0 Å². The molecule has 0 spiro atoms. The van der Waals surface area contributed by atoms with Crippen LogP contribution in [0.25, 0.3) is 0 Å². The number of benzene rings is 2. The third-order valence-electron chi connectivity index (χ3n) is 5.30. The van der Waals surface area contributed by atoms with Crippen molar-refractivity contribution in [1.82, 2.24) is 25.0 Å². The zero-order chi connectivity index (χ0) is 20.1. The van der Waals surface area contributed by atoms with E-state index >= 15 is 0 Å². The molecule has 1 saturated heterocycles. The molecule has 7 heteroatoms. The summed E-state index contributed by atoms with van der Waals surface area (Å²) in [5.41, 5.74) is 2.86. The van der Waals surface area contributed by atoms with E-state index in [0.717, 1.165) is 29.2 Å². The molecular formula is C22H24ClN5O. The fourth-order valence-corrected chi connectivity index (χ4v) is 3.98. The van der Waals surface area contributed by atoms with Gasteiger partial charge in [-0.2, -0.15) is 5.10 Å². The minimum Gasteiger partial charge on any atom is -0.350 e. The Morgan fingerprint density at radius 2 is 1.93 bits per heavy atom. The second-order valence-corrected chi connectivity index (χ2v) is 7.75. The van der Waals surface area contributed by atoms with Crippen molar-refractivity contribution in [3.8, 4) is 0 Å². The normalized spacial score (nSPS) is 15.3. The number of hydrogen-bond donors (Lipinski definition) is 1. The van der Waals surface area contributed by atoms with Crippen LogP contribution in [0.1, 0.15) is 40.4 Å². The van der Waals surface area contributed by atoms with Crippen molar-refractivity contribution in [1.29, 1.82) is 0 Å². The molecule has 1 fully saturated rings. The maximum atomic E-state index is 12.7. The average Bonchev–Trinajstić information content (AvgIpc) is 3.43. The van der Waals surface area contributed by atoms with Crippen LogP contribution >= 0.6 is 11.6 Å². The van der Waals surface area contributed by atoms with Gasteiger partial charge in [0.15, 0.2) is 0 Å². The molecule has 1 N–H and O–H groups in total. The van der Waals surface area contributed by atoms with E-state index in [0.29, 0.717) is 18.7 Å². The highest BCUT2D eigenvalue weighted by Crippen LogP contribution is 2.26. The fraction of sp³-hybridized carbons (Fsp3) is 0.318. The number of nitrogens with one attached hydrogen (secondary N) is 1. The molecule has 1 unspecified atom stereocenters. The van der Waals surface area contributed by atoms with E-state index in [1.54, 1.807) is 11.0 Å². The van der Waals surface area contributed by atoms with Gasteiger partial charge >= 0.3 is 0 Å².